The fourth-order valence-electron chi connectivity index (χ4n) is 2.13. The van der Waals surface area contributed by atoms with Crippen LogP contribution in [0.5, 0.6) is 0 Å². The van der Waals surface area contributed by atoms with Crippen molar-refractivity contribution >= 4 is 23.3 Å². The molecule has 1 heterocycles. The first-order chi connectivity index (χ1) is 9.28. The number of aromatic amines is 1. The highest BCUT2D eigenvalue weighted by Gasteiger charge is 2.04. The van der Waals surface area contributed by atoms with Gasteiger partial charge in [-0.25, -0.2) is 0 Å². The molecular weight excluding hydrogens is 254 g/mol. The molecule has 0 atom stereocenters. The van der Waals surface area contributed by atoms with E-state index in [1.54, 1.807) is 0 Å². The number of hydrogen-bond donors (Lipinski definition) is 1. The smallest absolute Gasteiger partial charge is 0.178 e. The monoisotopic (exact) mass is 265 g/mol. The minimum atomic E-state index is 0.672. The van der Waals surface area contributed by atoms with Gasteiger partial charge in [-0.15, -0.1) is 0 Å². The van der Waals surface area contributed by atoms with Gasteiger partial charge in [0.1, 0.15) is 0 Å². The van der Waals surface area contributed by atoms with Gasteiger partial charge in [0.2, 0.25) is 0 Å². The van der Waals surface area contributed by atoms with Crippen LogP contribution in [0.2, 0.25) is 0 Å². The van der Waals surface area contributed by atoms with Crippen LogP contribution in [0.4, 0.5) is 0 Å². The topological polar surface area (TPSA) is 44.5 Å². The SMILES string of the molecule is N#Cc1ccc(Cn2c(=S)[nH]c3ccccc32)cc1. The van der Waals surface area contributed by atoms with Crippen molar-refractivity contribution in [3.05, 3.63) is 64.4 Å². The van der Waals surface area contributed by atoms with E-state index < -0.39 is 0 Å². The van der Waals surface area contributed by atoms with Crippen molar-refractivity contribution in [2.45, 2.75) is 6.54 Å². The van der Waals surface area contributed by atoms with Crippen LogP contribution < -0.4 is 0 Å². The summed E-state index contributed by atoms with van der Waals surface area (Å²) in [7, 11) is 0. The fourth-order valence-corrected chi connectivity index (χ4v) is 2.40. The number of para-hydroxylation sites is 2. The van der Waals surface area contributed by atoms with Crippen LogP contribution in [0.15, 0.2) is 48.5 Å². The van der Waals surface area contributed by atoms with Gasteiger partial charge in [-0.1, -0.05) is 24.3 Å². The van der Waals surface area contributed by atoms with Gasteiger partial charge in [-0.3, -0.25) is 0 Å². The number of benzene rings is 2. The summed E-state index contributed by atoms with van der Waals surface area (Å²) in [6.07, 6.45) is 0. The first-order valence-electron chi connectivity index (χ1n) is 5.94. The number of hydrogen-bond acceptors (Lipinski definition) is 2. The summed E-state index contributed by atoms with van der Waals surface area (Å²) in [6, 6.07) is 17.7. The molecule has 2 aromatic carbocycles. The number of imidazole rings is 1. The highest BCUT2D eigenvalue weighted by atomic mass is 32.1. The van der Waals surface area contributed by atoms with Crippen molar-refractivity contribution in [1.82, 2.24) is 9.55 Å². The third kappa shape index (κ3) is 2.16. The van der Waals surface area contributed by atoms with Crippen molar-refractivity contribution in [1.29, 1.82) is 5.26 Å². The Labute approximate surface area is 115 Å². The lowest BCUT2D eigenvalue weighted by Gasteiger charge is -2.04. The number of rotatable bonds is 2. The summed E-state index contributed by atoms with van der Waals surface area (Å²) >= 11 is 5.36. The van der Waals surface area contributed by atoms with Gasteiger partial charge in [0.15, 0.2) is 4.77 Å². The van der Waals surface area contributed by atoms with Crippen LogP contribution in [-0.4, -0.2) is 9.55 Å². The lowest BCUT2D eigenvalue weighted by atomic mass is 10.1. The third-order valence-corrected chi connectivity index (χ3v) is 3.43. The van der Waals surface area contributed by atoms with E-state index >= 15 is 0 Å². The molecule has 3 nitrogen and oxygen atoms in total. The number of H-pyrrole nitrogens is 1. The molecule has 1 aromatic heterocycles. The molecule has 0 amide bonds. The van der Waals surface area contributed by atoms with E-state index in [9.17, 15) is 0 Å². The molecule has 0 saturated carbocycles. The number of aromatic nitrogens is 2. The van der Waals surface area contributed by atoms with Gasteiger partial charge in [0.25, 0.3) is 0 Å². The summed E-state index contributed by atoms with van der Waals surface area (Å²) in [5.74, 6) is 0. The van der Waals surface area contributed by atoms with Crippen LogP contribution in [0.1, 0.15) is 11.1 Å². The Hall–Kier alpha value is -2.38. The van der Waals surface area contributed by atoms with E-state index in [1.165, 1.54) is 0 Å². The van der Waals surface area contributed by atoms with Crippen LogP contribution in [-0.2, 0) is 6.54 Å². The molecule has 19 heavy (non-hydrogen) atoms. The Morgan fingerprint density at radius 3 is 2.58 bits per heavy atom. The molecular formula is C15H11N3S. The molecule has 0 aliphatic rings. The van der Waals surface area contributed by atoms with Crippen LogP contribution in [0.25, 0.3) is 11.0 Å². The van der Waals surface area contributed by atoms with E-state index in [1.807, 2.05) is 48.5 Å². The van der Waals surface area contributed by atoms with Crippen molar-refractivity contribution in [3.8, 4) is 6.07 Å². The highest BCUT2D eigenvalue weighted by molar-refractivity contribution is 7.71. The quantitative estimate of drug-likeness (QED) is 0.719. The van der Waals surface area contributed by atoms with Gasteiger partial charge in [0, 0.05) is 0 Å². The minimum absolute atomic E-state index is 0.672. The lowest BCUT2D eigenvalue weighted by Crippen LogP contribution is -1.99. The third-order valence-electron chi connectivity index (χ3n) is 3.11. The fraction of sp³-hybridized carbons (Fsp3) is 0.0667. The maximum Gasteiger partial charge on any atom is 0.178 e. The normalized spacial score (nSPS) is 10.5. The zero-order valence-electron chi connectivity index (χ0n) is 10.1. The average Bonchev–Trinajstić information content (AvgIpc) is 2.76. The standard InChI is InChI=1S/C15H11N3S/c16-9-11-5-7-12(8-6-11)10-18-14-4-2-1-3-13(14)17-15(18)19/h1-8H,10H2,(H,17,19). The Morgan fingerprint density at radius 1 is 1.11 bits per heavy atom. The zero-order valence-corrected chi connectivity index (χ0v) is 10.9. The summed E-state index contributed by atoms with van der Waals surface area (Å²) in [5, 5.41) is 8.79. The van der Waals surface area contributed by atoms with Crippen LogP contribution in [0, 0.1) is 16.1 Å². The second kappa shape index (κ2) is 4.71. The average molecular weight is 265 g/mol. The van der Waals surface area contributed by atoms with Gasteiger partial charge >= 0.3 is 0 Å². The Kier molecular flexibility index (Phi) is 2.90. The first-order valence-corrected chi connectivity index (χ1v) is 6.35. The molecule has 0 fully saturated rings. The molecule has 1 N–H and O–H groups in total. The van der Waals surface area contributed by atoms with Crippen molar-refractivity contribution in [3.63, 3.8) is 0 Å². The first kappa shape index (κ1) is 11.7. The predicted octanol–water partition coefficient (Wildman–Crippen LogP) is 3.62. The van der Waals surface area contributed by atoms with E-state index in [4.69, 9.17) is 17.5 Å². The molecule has 0 spiro atoms. The number of nitrogens with zero attached hydrogens (tertiary/aromatic N) is 2. The van der Waals surface area contributed by atoms with Gasteiger partial charge in [-0.05, 0) is 42.0 Å². The summed E-state index contributed by atoms with van der Waals surface area (Å²) in [4.78, 5) is 3.20. The van der Waals surface area contributed by atoms with Crippen LogP contribution in [0.3, 0.4) is 0 Å². The largest absolute Gasteiger partial charge is 0.331 e. The molecule has 3 rings (SSSR count). The Morgan fingerprint density at radius 2 is 1.84 bits per heavy atom. The maximum absolute atomic E-state index is 8.79. The van der Waals surface area contributed by atoms with Gasteiger partial charge in [0.05, 0.1) is 29.2 Å². The molecule has 0 bridgehead atoms. The molecule has 0 saturated heterocycles. The highest BCUT2D eigenvalue weighted by Crippen LogP contribution is 2.15. The molecule has 3 aromatic rings. The Bertz CT molecular complexity index is 819. The van der Waals surface area contributed by atoms with Gasteiger partial charge < -0.3 is 9.55 Å². The second-order valence-electron chi connectivity index (χ2n) is 4.34. The molecule has 0 unspecified atom stereocenters. The summed E-state index contributed by atoms with van der Waals surface area (Å²) in [6.45, 7) is 0.703. The number of fused-ring (bicyclic) bond motifs is 1. The lowest BCUT2D eigenvalue weighted by molar-refractivity contribution is 0.810. The van der Waals surface area contributed by atoms with Crippen molar-refractivity contribution in [2.24, 2.45) is 0 Å². The van der Waals surface area contributed by atoms with E-state index in [0.717, 1.165) is 16.6 Å². The maximum atomic E-state index is 8.79. The molecule has 92 valence electrons. The van der Waals surface area contributed by atoms with Crippen LogP contribution >= 0.6 is 12.2 Å². The number of nitrogens with one attached hydrogen (secondary N) is 1. The molecule has 4 heteroatoms. The molecule has 0 aliphatic carbocycles. The van der Waals surface area contributed by atoms with E-state index in [2.05, 4.69) is 15.6 Å². The minimum Gasteiger partial charge on any atom is -0.331 e. The van der Waals surface area contributed by atoms with E-state index in [-0.39, 0.29) is 0 Å². The second-order valence-corrected chi connectivity index (χ2v) is 4.73. The van der Waals surface area contributed by atoms with Crippen molar-refractivity contribution in [2.75, 3.05) is 0 Å². The molecule has 0 radical (unpaired) electrons. The van der Waals surface area contributed by atoms with E-state index in [0.29, 0.717) is 16.9 Å². The predicted molar refractivity (Wildman–Crippen MR) is 77.4 cm³/mol. The number of nitriles is 1. The van der Waals surface area contributed by atoms with Gasteiger partial charge in [-0.2, -0.15) is 5.26 Å². The van der Waals surface area contributed by atoms with Crippen molar-refractivity contribution < 1.29 is 0 Å². The summed E-state index contributed by atoms with van der Waals surface area (Å²) in [5.41, 5.74) is 3.93. The zero-order chi connectivity index (χ0) is 13.2. The molecule has 0 aliphatic heterocycles. The Balaban J connectivity index is 2.03. The summed E-state index contributed by atoms with van der Waals surface area (Å²) < 4.78 is 2.78.